The minimum absolute atomic E-state index is 0.270. The molecule has 0 spiro atoms. The summed E-state index contributed by atoms with van der Waals surface area (Å²) < 4.78 is 2.60. The summed E-state index contributed by atoms with van der Waals surface area (Å²) in [5.74, 6) is 0. The summed E-state index contributed by atoms with van der Waals surface area (Å²) in [6.07, 6.45) is 0. The molecule has 274 valence electrons. The van der Waals surface area contributed by atoms with Crippen molar-refractivity contribution >= 4 is 48.6 Å². The summed E-state index contributed by atoms with van der Waals surface area (Å²) in [5, 5.41) is 2.57. The highest BCUT2D eigenvalue weighted by molar-refractivity contribution is 7.25. The predicted octanol–water partition coefficient (Wildman–Crippen LogP) is 15.9. The van der Waals surface area contributed by atoms with Gasteiger partial charge in [-0.1, -0.05) is 176 Å². The van der Waals surface area contributed by atoms with E-state index < -0.39 is 0 Å². The Balaban J connectivity index is 1.15. The highest BCUT2D eigenvalue weighted by atomic mass is 32.1. The summed E-state index contributed by atoms with van der Waals surface area (Å²) in [6.45, 7) is 2.39. The van der Waals surface area contributed by atoms with Crippen molar-refractivity contribution in [1.29, 1.82) is 0 Å². The Hall–Kier alpha value is -7.00. The molecule has 2 heteroatoms. The van der Waals surface area contributed by atoms with Crippen molar-refractivity contribution in [3.63, 3.8) is 0 Å². The zero-order valence-electron chi connectivity index (χ0n) is 32.1. The van der Waals surface area contributed by atoms with Crippen LogP contribution in [0.1, 0.15) is 23.6 Å². The first-order valence-corrected chi connectivity index (χ1v) is 20.8. The lowest BCUT2D eigenvalue weighted by molar-refractivity contribution is 0.714. The van der Waals surface area contributed by atoms with Crippen LogP contribution in [-0.4, -0.2) is 0 Å². The normalized spacial score (nSPS) is 14.4. The third-order valence-corrected chi connectivity index (χ3v) is 13.3. The molecular formula is C56H39NS. The number of para-hydroxylation sites is 1. The van der Waals surface area contributed by atoms with E-state index in [0.717, 1.165) is 17.1 Å². The Morgan fingerprint density at radius 3 is 1.66 bits per heavy atom. The first-order valence-electron chi connectivity index (χ1n) is 20.0. The molecule has 10 aromatic rings. The number of thiophene rings is 1. The van der Waals surface area contributed by atoms with Gasteiger partial charge in [0.25, 0.3) is 0 Å². The van der Waals surface area contributed by atoms with Gasteiger partial charge in [-0.3, -0.25) is 0 Å². The summed E-state index contributed by atoms with van der Waals surface area (Å²) in [7, 11) is 0. The third-order valence-electron chi connectivity index (χ3n) is 12.2. The number of hydrogen-bond donors (Lipinski definition) is 0. The lowest BCUT2D eigenvalue weighted by Gasteiger charge is -2.31. The van der Waals surface area contributed by atoms with Crippen molar-refractivity contribution in [2.75, 3.05) is 4.90 Å². The number of hydrogen-bond acceptors (Lipinski definition) is 2. The number of rotatable bonds is 7. The molecule has 1 aliphatic rings. The predicted molar refractivity (Wildman–Crippen MR) is 248 cm³/mol. The van der Waals surface area contributed by atoms with Crippen LogP contribution < -0.4 is 4.90 Å². The van der Waals surface area contributed by atoms with Crippen LogP contribution >= 0.6 is 11.3 Å². The van der Waals surface area contributed by atoms with E-state index in [2.05, 4.69) is 230 Å². The summed E-state index contributed by atoms with van der Waals surface area (Å²) in [4.78, 5) is 2.49. The molecule has 0 radical (unpaired) electrons. The average Bonchev–Trinajstić information content (AvgIpc) is 3.80. The van der Waals surface area contributed by atoms with Crippen LogP contribution in [0.2, 0.25) is 0 Å². The van der Waals surface area contributed by atoms with Crippen LogP contribution in [0, 0.1) is 0 Å². The molecule has 1 heterocycles. The maximum absolute atomic E-state index is 2.49. The average molecular weight is 758 g/mol. The lowest BCUT2D eigenvalue weighted by atomic mass is 9.74. The molecule has 0 bridgehead atoms. The standard InChI is InChI=1S/C56H39NS/c1-56(39-20-6-3-7-21-39)51-29-15-12-26-46(51)49-36-40(32-34-52(49)56)57(41-33-35-55-50(37-41)48-28-14-17-31-54(48)58-55)53-30-16-13-27-47(53)45-25-11-10-24-44(45)43-23-9-8-22-42(43)38-18-4-2-5-19-38/h2-37H,1H3. The molecule has 58 heavy (non-hydrogen) atoms. The summed E-state index contributed by atoms with van der Waals surface area (Å²) >= 11 is 1.86. The highest BCUT2D eigenvalue weighted by Crippen LogP contribution is 2.54. The van der Waals surface area contributed by atoms with Gasteiger partial charge >= 0.3 is 0 Å². The lowest BCUT2D eigenvalue weighted by Crippen LogP contribution is -2.22. The largest absolute Gasteiger partial charge is 0.310 e. The maximum Gasteiger partial charge on any atom is 0.0540 e. The van der Waals surface area contributed by atoms with E-state index >= 15 is 0 Å². The van der Waals surface area contributed by atoms with Gasteiger partial charge in [-0.15, -0.1) is 11.3 Å². The van der Waals surface area contributed by atoms with E-state index in [9.17, 15) is 0 Å². The zero-order valence-corrected chi connectivity index (χ0v) is 33.0. The molecule has 1 nitrogen and oxygen atoms in total. The van der Waals surface area contributed by atoms with Crippen LogP contribution in [0.15, 0.2) is 218 Å². The topological polar surface area (TPSA) is 3.24 Å². The fourth-order valence-electron chi connectivity index (χ4n) is 9.43. The number of benzene rings is 9. The van der Waals surface area contributed by atoms with Crippen LogP contribution in [0.5, 0.6) is 0 Å². The highest BCUT2D eigenvalue weighted by Gasteiger charge is 2.41. The molecule has 0 amide bonds. The van der Waals surface area contributed by atoms with E-state index in [1.807, 2.05) is 11.3 Å². The molecule has 0 saturated carbocycles. The van der Waals surface area contributed by atoms with Gasteiger partial charge in [0, 0.05) is 42.5 Å². The summed E-state index contributed by atoms with van der Waals surface area (Å²) in [5.41, 5.74) is 16.9. The van der Waals surface area contributed by atoms with Crippen LogP contribution in [0.25, 0.3) is 64.7 Å². The maximum atomic E-state index is 2.49. The van der Waals surface area contributed by atoms with Crippen molar-refractivity contribution in [1.82, 2.24) is 0 Å². The number of fused-ring (bicyclic) bond motifs is 6. The number of anilines is 3. The van der Waals surface area contributed by atoms with Crippen molar-refractivity contribution in [2.45, 2.75) is 12.3 Å². The van der Waals surface area contributed by atoms with Gasteiger partial charge in [-0.25, -0.2) is 0 Å². The quantitative estimate of drug-likeness (QED) is 0.156. The van der Waals surface area contributed by atoms with Crippen LogP contribution in [-0.2, 0) is 5.41 Å². The third kappa shape index (κ3) is 5.44. The molecule has 0 saturated heterocycles. The monoisotopic (exact) mass is 757 g/mol. The van der Waals surface area contributed by atoms with Gasteiger partial charge < -0.3 is 4.90 Å². The second-order valence-corrected chi connectivity index (χ2v) is 16.4. The van der Waals surface area contributed by atoms with E-state index in [0.29, 0.717) is 0 Å². The van der Waals surface area contributed by atoms with E-state index in [4.69, 9.17) is 0 Å². The summed E-state index contributed by atoms with van der Waals surface area (Å²) in [6, 6.07) is 80.3. The Morgan fingerprint density at radius 1 is 0.362 bits per heavy atom. The molecule has 1 unspecified atom stereocenters. The molecule has 0 fully saturated rings. The van der Waals surface area contributed by atoms with Crippen LogP contribution in [0.3, 0.4) is 0 Å². The Morgan fingerprint density at radius 2 is 0.879 bits per heavy atom. The second kappa shape index (κ2) is 13.9. The Labute approximate surface area is 343 Å². The van der Waals surface area contributed by atoms with Crippen LogP contribution in [0.4, 0.5) is 17.1 Å². The first kappa shape index (κ1) is 34.3. The first-order chi connectivity index (χ1) is 28.7. The van der Waals surface area contributed by atoms with Gasteiger partial charge in [-0.2, -0.15) is 0 Å². The number of nitrogens with zero attached hydrogens (tertiary/aromatic N) is 1. The molecule has 11 rings (SSSR count). The van der Waals surface area contributed by atoms with E-state index in [1.54, 1.807) is 0 Å². The van der Waals surface area contributed by atoms with Crippen molar-refractivity contribution in [3.8, 4) is 44.5 Å². The second-order valence-electron chi connectivity index (χ2n) is 15.4. The van der Waals surface area contributed by atoms with Crippen molar-refractivity contribution in [3.05, 3.63) is 235 Å². The fourth-order valence-corrected chi connectivity index (χ4v) is 10.5. The zero-order chi connectivity index (χ0) is 38.6. The molecule has 1 aromatic heterocycles. The Kier molecular flexibility index (Phi) is 8.20. The van der Waals surface area contributed by atoms with Gasteiger partial charge in [0.15, 0.2) is 0 Å². The molecule has 1 aliphatic carbocycles. The van der Waals surface area contributed by atoms with Gasteiger partial charge in [0.1, 0.15) is 0 Å². The van der Waals surface area contributed by atoms with Crippen molar-refractivity contribution < 1.29 is 0 Å². The Bertz CT molecular complexity index is 3140. The van der Waals surface area contributed by atoms with Gasteiger partial charge in [-0.05, 0) is 105 Å². The van der Waals surface area contributed by atoms with E-state index in [-0.39, 0.29) is 5.41 Å². The minimum Gasteiger partial charge on any atom is -0.310 e. The molecule has 1 atom stereocenters. The van der Waals surface area contributed by atoms with Gasteiger partial charge in [0.2, 0.25) is 0 Å². The molecular weight excluding hydrogens is 719 g/mol. The SMILES string of the molecule is CC1(c2ccccc2)c2ccccc2-c2cc(N(c3ccc4sc5ccccc5c4c3)c3ccccc3-c3ccccc3-c3ccccc3-c3ccccc3)ccc21. The van der Waals surface area contributed by atoms with E-state index in [1.165, 1.54) is 81.4 Å². The minimum atomic E-state index is -0.270. The van der Waals surface area contributed by atoms with Gasteiger partial charge in [0.05, 0.1) is 5.69 Å². The fraction of sp³-hybridized carbons (Fsp3) is 0.0357. The smallest absolute Gasteiger partial charge is 0.0540 e. The molecule has 0 aliphatic heterocycles. The molecule has 0 N–H and O–H groups in total. The van der Waals surface area contributed by atoms with Crippen molar-refractivity contribution in [2.24, 2.45) is 0 Å². The molecule has 9 aromatic carbocycles.